The number of sulfonamides is 1. The average Bonchev–Trinajstić information content (AvgIpc) is 3.01. The number of hydrogen-bond donors (Lipinski definition) is 3. The van der Waals surface area contributed by atoms with Gasteiger partial charge in [0.25, 0.3) is 5.91 Å². The summed E-state index contributed by atoms with van der Waals surface area (Å²) in [5.41, 5.74) is 1.55. The molecule has 1 aliphatic rings. The lowest BCUT2D eigenvalue weighted by Crippen LogP contribution is -3.08. The summed E-state index contributed by atoms with van der Waals surface area (Å²) in [4.78, 5) is 13.2. The van der Waals surface area contributed by atoms with E-state index >= 15 is 0 Å². The van der Waals surface area contributed by atoms with Gasteiger partial charge in [0, 0.05) is 11.3 Å². The lowest BCUT2D eigenvalue weighted by Gasteiger charge is -2.14. The molecule has 1 amide bonds. The van der Waals surface area contributed by atoms with Crippen LogP contribution < -0.4 is 24.8 Å². The van der Waals surface area contributed by atoms with Crippen LogP contribution in [0.3, 0.4) is 0 Å². The highest BCUT2D eigenvalue weighted by atomic mass is 32.2. The molecule has 1 aliphatic heterocycles. The number of anilines is 1. The highest BCUT2D eigenvalue weighted by Crippen LogP contribution is 2.32. The number of nitrogens with one attached hydrogen (secondary N) is 2. The van der Waals surface area contributed by atoms with Crippen LogP contribution in [0.2, 0.25) is 0 Å². The smallest absolute Gasteiger partial charge is 0.279 e. The van der Waals surface area contributed by atoms with Gasteiger partial charge in [0.05, 0.1) is 11.9 Å². The summed E-state index contributed by atoms with van der Waals surface area (Å²) in [6.07, 6.45) is 0. The molecule has 26 heavy (non-hydrogen) atoms. The maximum Gasteiger partial charge on any atom is 0.279 e. The highest BCUT2D eigenvalue weighted by molar-refractivity contribution is 7.89. The molecule has 0 fully saturated rings. The summed E-state index contributed by atoms with van der Waals surface area (Å²) < 4.78 is 33.1. The fourth-order valence-corrected chi connectivity index (χ4v) is 3.18. The van der Waals surface area contributed by atoms with Crippen LogP contribution in [0.15, 0.2) is 47.4 Å². The molecule has 1 heterocycles. The Morgan fingerprint density at radius 1 is 1.15 bits per heavy atom. The number of ether oxygens (including phenoxy) is 2. The van der Waals surface area contributed by atoms with Crippen molar-refractivity contribution in [1.82, 2.24) is 0 Å². The maximum atomic E-state index is 12.2. The third kappa shape index (κ3) is 4.51. The van der Waals surface area contributed by atoms with E-state index in [1.54, 1.807) is 0 Å². The SMILES string of the molecule is C[NH+](CC(=O)Nc1ccc(S(N)(=O)=O)cc1)Cc1ccc2c(c1)OCO2. The van der Waals surface area contributed by atoms with Crippen molar-refractivity contribution in [3.05, 3.63) is 48.0 Å². The zero-order chi connectivity index (χ0) is 18.7. The van der Waals surface area contributed by atoms with E-state index in [4.69, 9.17) is 14.6 Å². The summed E-state index contributed by atoms with van der Waals surface area (Å²) in [7, 11) is -1.83. The molecule has 0 aromatic heterocycles. The zero-order valence-electron chi connectivity index (χ0n) is 14.2. The summed E-state index contributed by atoms with van der Waals surface area (Å²) in [5.74, 6) is 1.27. The number of likely N-dealkylation sites (N-methyl/N-ethyl adjacent to an activating group) is 1. The fraction of sp³-hybridized carbons (Fsp3) is 0.235. The van der Waals surface area contributed by atoms with Gasteiger partial charge in [0.1, 0.15) is 6.54 Å². The van der Waals surface area contributed by atoms with Crippen LogP contribution in [0.5, 0.6) is 11.5 Å². The van der Waals surface area contributed by atoms with Crippen molar-refractivity contribution in [2.75, 3.05) is 25.7 Å². The predicted octanol–water partition coefficient (Wildman–Crippen LogP) is -0.284. The van der Waals surface area contributed by atoms with Gasteiger partial charge in [-0.05, 0) is 42.5 Å². The zero-order valence-corrected chi connectivity index (χ0v) is 15.0. The number of primary sulfonamides is 1. The van der Waals surface area contributed by atoms with Gasteiger partial charge in [-0.2, -0.15) is 0 Å². The number of quaternary nitrogens is 1. The van der Waals surface area contributed by atoms with E-state index in [2.05, 4.69) is 5.32 Å². The van der Waals surface area contributed by atoms with Crippen molar-refractivity contribution in [2.24, 2.45) is 5.14 Å². The van der Waals surface area contributed by atoms with Crippen LogP contribution in [0.25, 0.3) is 0 Å². The molecule has 0 radical (unpaired) electrons. The summed E-state index contributed by atoms with van der Waals surface area (Å²) in [5, 5.41) is 7.78. The van der Waals surface area contributed by atoms with E-state index in [-0.39, 0.29) is 24.1 Å². The Hall–Kier alpha value is -2.62. The number of rotatable bonds is 6. The largest absolute Gasteiger partial charge is 0.454 e. The molecule has 0 saturated heterocycles. The third-order valence-corrected chi connectivity index (χ3v) is 4.80. The van der Waals surface area contributed by atoms with Crippen molar-refractivity contribution < 1.29 is 27.6 Å². The molecule has 2 aromatic carbocycles. The molecule has 8 nitrogen and oxygen atoms in total. The molecule has 0 saturated carbocycles. The van der Waals surface area contributed by atoms with Crippen molar-refractivity contribution >= 4 is 21.6 Å². The van der Waals surface area contributed by atoms with Gasteiger partial charge in [0.15, 0.2) is 18.0 Å². The number of carbonyl (C=O) groups is 1. The first-order valence-electron chi connectivity index (χ1n) is 7.94. The lowest BCUT2D eigenvalue weighted by molar-refractivity contribution is -0.885. The number of fused-ring (bicyclic) bond motifs is 1. The molecule has 0 spiro atoms. The average molecular weight is 378 g/mol. The molecule has 0 aliphatic carbocycles. The molecule has 2 aromatic rings. The van der Waals surface area contributed by atoms with Crippen LogP contribution in [0.1, 0.15) is 5.56 Å². The molecule has 3 rings (SSSR count). The number of nitrogens with two attached hydrogens (primary N) is 1. The number of benzene rings is 2. The van der Waals surface area contributed by atoms with Gasteiger partial charge in [-0.1, -0.05) is 0 Å². The Bertz CT molecular complexity index is 912. The van der Waals surface area contributed by atoms with E-state index < -0.39 is 10.0 Å². The van der Waals surface area contributed by atoms with Crippen LogP contribution in [0.4, 0.5) is 5.69 Å². The Morgan fingerprint density at radius 2 is 1.85 bits per heavy atom. The molecule has 138 valence electrons. The highest BCUT2D eigenvalue weighted by Gasteiger charge is 2.16. The standard InChI is InChI=1S/C17H19N3O5S/c1-20(9-12-2-7-15-16(8-12)25-11-24-15)10-17(21)19-13-3-5-14(6-4-13)26(18,22)23/h2-8H,9-11H2,1H3,(H,19,21)(H2,18,22,23)/p+1. The normalized spacial score (nSPS) is 14.1. The lowest BCUT2D eigenvalue weighted by atomic mass is 10.2. The summed E-state index contributed by atoms with van der Waals surface area (Å²) in [6, 6.07) is 11.4. The minimum absolute atomic E-state index is 0.000972. The van der Waals surface area contributed by atoms with Gasteiger partial charge < -0.3 is 19.7 Å². The van der Waals surface area contributed by atoms with Crippen molar-refractivity contribution in [2.45, 2.75) is 11.4 Å². The second kappa shape index (κ2) is 7.32. The second-order valence-corrected chi connectivity index (χ2v) is 7.68. The van der Waals surface area contributed by atoms with Gasteiger partial charge in [-0.25, -0.2) is 13.6 Å². The Labute approximate surface area is 151 Å². The Morgan fingerprint density at radius 3 is 2.54 bits per heavy atom. The van der Waals surface area contributed by atoms with Crippen LogP contribution in [-0.2, 0) is 21.4 Å². The topological polar surface area (TPSA) is 112 Å². The van der Waals surface area contributed by atoms with Gasteiger partial charge in [0.2, 0.25) is 16.8 Å². The minimum atomic E-state index is -3.74. The van der Waals surface area contributed by atoms with Gasteiger partial charge in [-0.3, -0.25) is 4.79 Å². The first-order chi connectivity index (χ1) is 12.3. The maximum absolute atomic E-state index is 12.2. The summed E-state index contributed by atoms with van der Waals surface area (Å²) in [6.45, 7) is 1.13. The first-order valence-corrected chi connectivity index (χ1v) is 9.48. The van der Waals surface area contributed by atoms with Crippen LogP contribution >= 0.6 is 0 Å². The Kier molecular flexibility index (Phi) is 5.12. The molecule has 9 heteroatoms. The van der Waals surface area contributed by atoms with E-state index in [0.29, 0.717) is 12.2 Å². The summed E-state index contributed by atoms with van der Waals surface area (Å²) >= 11 is 0. The quantitative estimate of drug-likeness (QED) is 0.640. The van der Waals surface area contributed by atoms with E-state index in [1.807, 2.05) is 25.2 Å². The van der Waals surface area contributed by atoms with Gasteiger partial charge in [-0.15, -0.1) is 0 Å². The first kappa shape index (κ1) is 18.2. The van der Waals surface area contributed by atoms with E-state index in [9.17, 15) is 13.2 Å². The number of hydrogen-bond acceptors (Lipinski definition) is 5. The van der Waals surface area contributed by atoms with Crippen LogP contribution in [0, 0.1) is 0 Å². The van der Waals surface area contributed by atoms with Crippen molar-refractivity contribution in [1.29, 1.82) is 0 Å². The molecular formula is C17H20N3O5S+. The van der Waals surface area contributed by atoms with Crippen LogP contribution in [-0.4, -0.2) is 34.7 Å². The Balaban J connectivity index is 1.54. The van der Waals surface area contributed by atoms with E-state index in [0.717, 1.165) is 22.0 Å². The van der Waals surface area contributed by atoms with E-state index in [1.165, 1.54) is 24.3 Å². The number of carbonyl (C=O) groups excluding carboxylic acids is 1. The minimum Gasteiger partial charge on any atom is -0.454 e. The molecule has 1 atom stereocenters. The molecular weight excluding hydrogens is 358 g/mol. The van der Waals surface area contributed by atoms with Gasteiger partial charge >= 0.3 is 0 Å². The monoisotopic (exact) mass is 378 g/mol. The number of amides is 1. The van der Waals surface area contributed by atoms with Crippen molar-refractivity contribution in [3.63, 3.8) is 0 Å². The van der Waals surface area contributed by atoms with Crippen molar-refractivity contribution in [3.8, 4) is 11.5 Å². The second-order valence-electron chi connectivity index (χ2n) is 6.12. The predicted molar refractivity (Wildman–Crippen MR) is 94.5 cm³/mol. The molecule has 4 N–H and O–H groups in total. The fourth-order valence-electron chi connectivity index (χ4n) is 2.67. The third-order valence-electron chi connectivity index (χ3n) is 3.87. The molecule has 1 unspecified atom stereocenters. The molecule has 0 bridgehead atoms.